The second-order valence-corrected chi connectivity index (χ2v) is 5.32. The van der Waals surface area contributed by atoms with Gasteiger partial charge in [0, 0.05) is 11.9 Å². The van der Waals surface area contributed by atoms with E-state index in [-0.39, 0.29) is 11.8 Å². The summed E-state index contributed by atoms with van der Waals surface area (Å²) in [6.45, 7) is 5.53. The molecule has 20 heavy (non-hydrogen) atoms. The third-order valence-electron chi connectivity index (χ3n) is 3.44. The maximum Gasteiger partial charge on any atom is 0.230 e. The highest BCUT2D eigenvalue weighted by Crippen LogP contribution is 2.24. The Bertz CT molecular complexity index is 544. The summed E-state index contributed by atoms with van der Waals surface area (Å²) in [5.74, 6) is 0.855. The number of hydrogen-bond donors (Lipinski definition) is 2. The van der Waals surface area contributed by atoms with Crippen LogP contribution in [-0.2, 0) is 4.79 Å². The highest BCUT2D eigenvalue weighted by atomic mass is 16.3. The fraction of sp³-hybridized carbons (Fsp3) is 0.438. The lowest BCUT2D eigenvalue weighted by Gasteiger charge is -2.14. The van der Waals surface area contributed by atoms with Crippen LogP contribution in [-0.4, -0.2) is 26.0 Å². The molecule has 0 fully saturated rings. The smallest absolute Gasteiger partial charge is 0.230 e. The Morgan fingerprint density at radius 2 is 2.00 bits per heavy atom. The first-order valence-electron chi connectivity index (χ1n) is 7.02. The van der Waals surface area contributed by atoms with Gasteiger partial charge < -0.3 is 15.1 Å². The van der Waals surface area contributed by atoms with Crippen LogP contribution in [0.4, 0.5) is 0 Å². The van der Waals surface area contributed by atoms with E-state index >= 15 is 0 Å². The number of para-hydroxylation sites is 1. The molecule has 0 aliphatic heterocycles. The largest absolute Gasteiger partial charge is 0.460 e. The fourth-order valence-corrected chi connectivity index (χ4v) is 2.19. The van der Waals surface area contributed by atoms with Gasteiger partial charge in [0.1, 0.15) is 11.3 Å². The van der Waals surface area contributed by atoms with Crippen LogP contribution in [0.2, 0.25) is 0 Å². The average molecular weight is 274 g/mol. The van der Waals surface area contributed by atoms with E-state index in [1.54, 1.807) is 0 Å². The van der Waals surface area contributed by atoms with Gasteiger partial charge >= 0.3 is 0 Å². The van der Waals surface area contributed by atoms with Crippen molar-refractivity contribution in [3.8, 4) is 0 Å². The number of nitrogens with one attached hydrogen (secondary N) is 2. The van der Waals surface area contributed by atoms with E-state index in [4.69, 9.17) is 4.42 Å². The molecule has 2 N–H and O–H groups in total. The normalized spacial score (nSPS) is 14.2. The number of furan rings is 1. The minimum absolute atomic E-state index is 0.00649. The molecule has 4 nitrogen and oxygen atoms in total. The Morgan fingerprint density at radius 1 is 1.25 bits per heavy atom. The molecule has 0 aliphatic rings. The molecular formula is C16H22N2O2. The molecule has 1 amide bonds. The summed E-state index contributed by atoms with van der Waals surface area (Å²) in [6.07, 6.45) is 0. The number of carbonyl (C=O) groups is 1. The van der Waals surface area contributed by atoms with Crippen molar-refractivity contribution in [2.75, 3.05) is 20.1 Å². The Labute approximate surface area is 119 Å². The number of benzene rings is 1. The minimum atomic E-state index is -0.274. The van der Waals surface area contributed by atoms with Gasteiger partial charge in [0.2, 0.25) is 5.91 Å². The summed E-state index contributed by atoms with van der Waals surface area (Å²) >= 11 is 0. The maximum absolute atomic E-state index is 12.1. The minimum Gasteiger partial charge on any atom is -0.460 e. The lowest BCUT2D eigenvalue weighted by atomic mass is 10.1. The molecule has 0 aliphatic carbocycles. The van der Waals surface area contributed by atoms with Crippen molar-refractivity contribution in [2.24, 2.45) is 5.92 Å². The standard InChI is InChI=1S/C16H22N2O2/c1-11(9-17-3)10-18-16(19)12(2)15-8-13-6-4-5-7-14(13)20-15/h4-8,11-12,17H,9-10H2,1-3H3,(H,18,19)/t11-,12-/m1/s1. The Hall–Kier alpha value is -1.81. The van der Waals surface area contributed by atoms with Crippen LogP contribution in [0.25, 0.3) is 11.0 Å². The van der Waals surface area contributed by atoms with Crippen molar-refractivity contribution in [1.82, 2.24) is 10.6 Å². The molecule has 1 aromatic heterocycles. The van der Waals surface area contributed by atoms with Gasteiger partial charge in [-0.2, -0.15) is 0 Å². The second kappa shape index (κ2) is 6.57. The summed E-state index contributed by atoms with van der Waals surface area (Å²) in [7, 11) is 1.91. The summed E-state index contributed by atoms with van der Waals surface area (Å²) < 4.78 is 5.73. The van der Waals surface area contributed by atoms with Gasteiger partial charge in [-0.3, -0.25) is 4.79 Å². The van der Waals surface area contributed by atoms with E-state index < -0.39 is 0 Å². The SMILES string of the molecule is CNC[C@@H](C)CNC(=O)[C@H](C)c1cc2ccccc2o1. The molecule has 108 valence electrons. The van der Waals surface area contributed by atoms with Crippen molar-refractivity contribution in [3.63, 3.8) is 0 Å². The molecule has 0 saturated heterocycles. The monoisotopic (exact) mass is 274 g/mol. The molecule has 4 heteroatoms. The van der Waals surface area contributed by atoms with Gasteiger partial charge in [-0.25, -0.2) is 0 Å². The number of amides is 1. The Morgan fingerprint density at radius 3 is 2.70 bits per heavy atom. The van der Waals surface area contributed by atoms with Crippen molar-refractivity contribution in [3.05, 3.63) is 36.1 Å². The number of hydrogen-bond acceptors (Lipinski definition) is 3. The van der Waals surface area contributed by atoms with Gasteiger partial charge in [0.25, 0.3) is 0 Å². The lowest BCUT2D eigenvalue weighted by molar-refractivity contribution is -0.122. The third-order valence-corrected chi connectivity index (χ3v) is 3.44. The van der Waals surface area contributed by atoms with Crippen LogP contribution >= 0.6 is 0 Å². The van der Waals surface area contributed by atoms with Gasteiger partial charge in [0.05, 0.1) is 5.92 Å². The van der Waals surface area contributed by atoms with Crippen LogP contribution in [0.3, 0.4) is 0 Å². The third kappa shape index (κ3) is 3.39. The topological polar surface area (TPSA) is 54.3 Å². The summed E-state index contributed by atoms with van der Waals surface area (Å²) in [5, 5.41) is 7.10. The van der Waals surface area contributed by atoms with Gasteiger partial charge in [0.15, 0.2) is 0 Å². The quantitative estimate of drug-likeness (QED) is 0.851. The summed E-state index contributed by atoms with van der Waals surface area (Å²) in [6, 6.07) is 9.74. The zero-order chi connectivity index (χ0) is 14.5. The van der Waals surface area contributed by atoms with Crippen molar-refractivity contribution < 1.29 is 9.21 Å². The maximum atomic E-state index is 12.1. The number of rotatable bonds is 6. The first kappa shape index (κ1) is 14.6. The molecule has 1 aromatic carbocycles. The average Bonchev–Trinajstić information content (AvgIpc) is 2.88. The van der Waals surface area contributed by atoms with E-state index in [1.807, 2.05) is 44.3 Å². The molecule has 2 aromatic rings. The molecule has 0 radical (unpaired) electrons. The van der Waals surface area contributed by atoms with Gasteiger partial charge in [-0.1, -0.05) is 25.1 Å². The Kier molecular flexibility index (Phi) is 4.79. The predicted molar refractivity (Wildman–Crippen MR) is 80.7 cm³/mol. The highest BCUT2D eigenvalue weighted by molar-refractivity contribution is 5.85. The highest BCUT2D eigenvalue weighted by Gasteiger charge is 2.19. The van der Waals surface area contributed by atoms with E-state index in [0.717, 1.165) is 17.5 Å². The van der Waals surface area contributed by atoms with E-state index in [2.05, 4.69) is 17.6 Å². The molecule has 0 unspecified atom stereocenters. The predicted octanol–water partition coefficient (Wildman–Crippen LogP) is 2.51. The van der Waals surface area contributed by atoms with Crippen LogP contribution < -0.4 is 10.6 Å². The van der Waals surface area contributed by atoms with E-state index in [1.165, 1.54) is 0 Å². The van der Waals surface area contributed by atoms with Crippen LogP contribution in [0, 0.1) is 5.92 Å². The van der Waals surface area contributed by atoms with Crippen molar-refractivity contribution >= 4 is 16.9 Å². The van der Waals surface area contributed by atoms with Crippen molar-refractivity contribution in [2.45, 2.75) is 19.8 Å². The van der Waals surface area contributed by atoms with E-state index in [9.17, 15) is 4.79 Å². The molecule has 1 heterocycles. The number of fused-ring (bicyclic) bond motifs is 1. The molecular weight excluding hydrogens is 252 g/mol. The molecule has 2 atom stereocenters. The van der Waals surface area contributed by atoms with Gasteiger partial charge in [-0.15, -0.1) is 0 Å². The van der Waals surface area contributed by atoms with Crippen LogP contribution in [0.15, 0.2) is 34.7 Å². The first-order chi connectivity index (χ1) is 9.61. The molecule has 2 rings (SSSR count). The molecule has 0 spiro atoms. The fourth-order valence-electron chi connectivity index (χ4n) is 2.19. The van der Waals surface area contributed by atoms with E-state index in [0.29, 0.717) is 18.2 Å². The zero-order valence-electron chi connectivity index (χ0n) is 12.3. The van der Waals surface area contributed by atoms with Crippen LogP contribution in [0.1, 0.15) is 25.5 Å². The first-order valence-corrected chi connectivity index (χ1v) is 7.02. The Balaban J connectivity index is 1.99. The van der Waals surface area contributed by atoms with Crippen LogP contribution in [0.5, 0.6) is 0 Å². The summed E-state index contributed by atoms with van der Waals surface area (Å²) in [5.41, 5.74) is 0.825. The zero-order valence-corrected chi connectivity index (χ0v) is 12.3. The lowest BCUT2D eigenvalue weighted by Crippen LogP contribution is -2.34. The van der Waals surface area contributed by atoms with Gasteiger partial charge in [-0.05, 0) is 38.6 Å². The summed E-state index contributed by atoms with van der Waals surface area (Å²) in [4.78, 5) is 12.1. The molecule has 0 saturated carbocycles. The second-order valence-electron chi connectivity index (χ2n) is 5.32. The molecule has 0 bridgehead atoms. The number of carbonyl (C=O) groups excluding carboxylic acids is 1. The van der Waals surface area contributed by atoms with Crippen molar-refractivity contribution in [1.29, 1.82) is 0 Å².